The number of nitrogens with zero attached hydrogens (tertiary/aromatic N) is 1. The second-order valence-electron chi connectivity index (χ2n) is 6.23. The molecule has 0 bridgehead atoms. The minimum Gasteiger partial charge on any atom is -0.410 e. The summed E-state index contributed by atoms with van der Waals surface area (Å²) in [5.74, 6) is 0.492. The molecule has 0 radical (unpaired) electrons. The number of ether oxygens (including phenoxy) is 1. The summed E-state index contributed by atoms with van der Waals surface area (Å²) < 4.78 is 5.35. The fourth-order valence-electron chi connectivity index (χ4n) is 2.94. The number of carbonyl (C=O) groups is 1. The Balaban J connectivity index is 1.67. The van der Waals surface area contributed by atoms with Crippen molar-refractivity contribution < 1.29 is 9.53 Å². The Morgan fingerprint density at radius 2 is 1.36 bits per heavy atom. The Hall–Kier alpha value is -3.92. The average Bonchev–Trinajstić information content (AvgIpc) is 2.75. The Bertz CT molecular complexity index is 1010. The number of hydrogen-bond donors (Lipinski definition) is 1. The zero-order valence-electron chi connectivity index (χ0n) is 15.1. The minimum absolute atomic E-state index is 0.492. The van der Waals surface area contributed by atoms with Crippen LogP contribution < -0.4 is 10.1 Å². The molecule has 136 valence electrons. The summed E-state index contributed by atoms with van der Waals surface area (Å²) in [6.45, 7) is 0. The van der Waals surface area contributed by atoms with E-state index in [4.69, 9.17) is 4.74 Å². The zero-order chi connectivity index (χ0) is 19.2. The summed E-state index contributed by atoms with van der Waals surface area (Å²) in [6.07, 6.45) is 3.01. The van der Waals surface area contributed by atoms with E-state index in [9.17, 15) is 4.79 Å². The number of benzene rings is 3. The third-order valence-electron chi connectivity index (χ3n) is 4.24. The van der Waals surface area contributed by atoms with Gasteiger partial charge in [-0.15, -0.1) is 0 Å². The molecule has 1 amide bonds. The molecule has 28 heavy (non-hydrogen) atoms. The van der Waals surface area contributed by atoms with Gasteiger partial charge in [0.25, 0.3) is 0 Å². The monoisotopic (exact) mass is 366 g/mol. The van der Waals surface area contributed by atoms with Crippen LogP contribution in [0.2, 0.25) is 0 Å². The molecule has 0 aliphatic heterocycles. The number of aromatic nitrogens is 1. The van der Waals surface area contributed by atoms with Crippen LogP contribution in [0.15, 0.2) is 103 Å². The quantitative estimate of drug-likeness (QED) is 0.480. The summed E-state index contributed by atoms with van der Waals surface area (Å²) in [5.41, 5.74) is 4.65. The molecule has 4 nitrogen and oxygen atoms in total. The van der Waals surface area contributed by atoms with E-state index in [-0.39, 0.29) is 0 Å². The van der Waals surface area contributed by atoms with Gasteiger partial charge in [-0.2, -0.15) is 0 Å². The first kappa shape index (κ1) is 17.5. The third kappa shape index (κ3) is 4.24. The lowest BCUT2D eigenvalue weighted by molar-refractivity contribution is 0.215. The largest absolute Gasteiger partial charge is 0.417 e. The van der Waals surface area contributed by atoms with E-state index in [1.165, 1.54) is 0 Å². The van der Waals surface area contributed by atoms with Gasteiger partial charge in [0.1, 0.15) is 5.75 Å². The lowest BCUT2D eigenvalue weighted by Gasteiger charge is -2.12. The van der Waals surface area contributed by atoms with Gasteiger partial charge in [-0.05, 0) is 53.1 Å². The van der Waals surface area contributed by atoms with Gasteiger partial charge >= 0.3 is 6.09 Å². The Morgan fingerprint density at radius 1 is 0.714 bits per heavy atom. The van der Waals surface area contributed by atoms with Crippen LogP contribution in [-0.2, 0) is 0 Å². The molecule has 0 unspecified atom stereocenters. The van der Waals surface area contributed by atoms with Crippen LogP contribution in [-0.4, -0.2) is 11.1 Å². The van der Waals surface area contributed by atoms with Gasteiger partial charge in [0.15, 0.2) is 0 Å². The van der Waals surface area contributed by atoms with E-state index in [0.717, 1.165) is 22.3 Å². The molecule has 0 fully saturated rings. The zero-order valence-corrected chi connectivity index (χ0v) is 15.1. The van der Waals surface area contributed by atoms with Crippen molar-refractivity contribution in [1.82, 2.24) is 4.98 Å². The molecule has 0 saturated heterocycles. The van der Waals surface area contributed by atoms with Crippen molar-refractivity contribution in [3.63, 3.8) is 0 Å². The van der Waals surface area contributed by atoms with Crippen LogP contribution in [0.3, 0.4) is 0 Å². The van der Waals surface area contributed by atoms with E-state index < -0.39 is 6.09 Å². The molecule has 0 spiro atoms. The van der Waals surface area contributed by atoms with Gasteiger partial charge < -0.3 is 4.74 Å². The SMILES string of the molecule is O=C(Nc1cc(-c2ccccc2)cc(-c2cccnc2)c1)Oc1ccccc1. The van der Waals surface area contributed by atoms with Crippen LogP contribution in [0, 0.1) is 0 Å². The second-order valence-corrected chi connectivity index (χ2v) is 6.23. The van der Waals surface area contributed by atoms with Crippen LogP contribution in [0.4, 0.5) is 10.5 Å². The Morgan fingerprint density at radius 3 is 2.04 bits per heavy atom. The van der Waals surface area contributed by atoms with Crippen molar-refractivity contribution in [2.75, 3.05) is 5.32 Å². The van der Waals surface area contributed by atoms with Crippen molar-refractivity contribution in [2.45, 2.75) is 0 Å². The second kappa shape index (κ2) is 8.18. The Kier molecular flexibility index (Phi) is 5.11. The maximum absolute atomic E-state index is 12.3. The van der Waals surface area contributed by atoms with Gasteiger partial charge in [0.2, 0.25) is 0 Å². The predicted molar refractivity (Wildman–Crippen MR) is 111 cm³/mol. The highest BCUT2D eigenvalue weighted by Gasteiger charge is 2.09. The molecular formula is C24H18N2O2. The van der Waals surface area contributed by atoms with Gasteiger partial charge in [-0.3, -0.25) is 10.3 Å². The maximum Gasteiger partial charge on any atom is 0.417 e. The summed E-state index contributed by atoms with van der Waals surface area (Å²) in [6, 6.07) is 28.8. The molecule has 1 heterocycles. The molecule has 0 atom stereocenters. The molecule has 1 N–H and O–H groups in total. The van der Waals surface area contributed by atoms with Crippen molar-refractivity contribution in [1.29, 1.82) is 0 Å². The number of amides is 1. The van der Waals surface area contributed by atoms with Crippen molar-refractivity contribution in [3.05, 3.63) is 103 Å². The molecule has 0 aliphatic carbocycles. The number of para-hydroxylation sites is 1. The smallest absolute Gasteiger partial charge is 0.410 e. The normalized spacial score (nSPS) is 10.3. The van der Waals surface area contributed by atoms with Gasteiger partial charge in [0.05, 0.1) is 0 Å². The van der Waals surface area contributed by atoms with Crippen LogP contribution in [0.1, 0.15) is 0 Å². The van der Waals surface area contributed by atoms with Crippen LogP contribution in [0.5, 0.6) is 5.75 Å². The fourth-order valence-corrected chi connectivity index (χ4v) is 2.94. The van der Waals surface area contributed by atoms with Gasteiger partial charge in [0, 0.05) is 23.6 Å². The fraction of sp³-hybridized carbons (Fsp3) is 0. The number of anilines is 1. The lowest BCUT2D eigenvalue weighted by atomic mass is 9.99. The van der Waals surface area contributed by atoms with E-state index in [2.05, 4.69) is 16.4 Å². The van der Waals surface area contributed by atoms with Crippen LogP contribution >= 0.6 is 0 Å². The summed E-state index contributed by atoms with van der Waals surface area (Å²) >= 11 is 0. The molecule has 1 aromatic heterocycles. The lowest BCUT2D eigenvalue weighted by Crippen LogP contribution is -2.16. The predicted octanol–water partition coefficient (Wildman–Crippen LogP) is 6.03. The molecule has 3 aromatic carbocycles. The van der Waals surface area contributed by atoms with Gasteiger partial charge in [-0.1, -0.05) is 54.6 Å². The van der Waals surface area contributed by atoms with Crippen molar-refractivity contribution in [3.8, 4) is 28.0 Å². The molecule has 4 aromatic rings. The maximum atomic E-state index is 12.3. The van der Waals surface area contributed by atoms with Crippen molar-refractivity contribution in [2.24, 2.45) is 0 Å². The number of pyridine rings is 1. The number of rotatable bonds is 4. The van der Waals surface area contributed by atoms with E-state index in [1.807, 2.05) is 72.8 Å². The average molecular weight is 366 g/mol. The molecule has 4 heteroatoms. The summed E-state index contributed by atoms with van der Waals surface area (Å²) in [7, 11) is 0. The first-order valence-electron chi connectivity index (χ1n) is 8.93. The van der Waals surface area contributed by atoms with E-state index in [1.54, 1.807) is 24.5 Å². The highest BCUT2D eigenvalue weighted by Crippen LogP contribution is 2.30. The number of carbonyl (C=O) groups excluding carboxylic acids is 1. The highest BCUT2D eigenvalue weighted by atomic mass is 16.6. The Labute approximate surface area is 163 Å². The van der Waals surface area contributed by atoms with Crippen LogP contribution in [0.25, 0.3) is 22.3 Å². The third-order valence-corrected chi connectivity index (χ3v) is 4.24. The van der Waals surface area contributed by atoms with E-state index in [0.29, 0.717) is 11.4 Å². The molecule has 0 saturated carbocycles. The molecule has 4 rings (SSSR count). The van der Waals surface area contributed by atoms with Gasteiger partial charge in [-0.25, -0.2) is 4.79 Å². The number of hydrogen-bond acceptors (Lipinski definition) is 3. The summed E-state index contributed by atoms with van der Waals surface area (Å²) in [4.78, 5) is 16.5. The highest BCUT2D eigenvalue weighted by molar-refractivity contribution is 5.89. The topological polar surface area (TPSA) is 51.2 Å². The first-order valence-corrected chi connectivity index (χ1v) is 8.93. The molecular weight excluding hydrogens is 348 g/mol. The summed E-state index contributed by atoms with van der Waals surface area (Å²) in [5, 5.41) is 2.83. The minimum atomic E-state index is -0.534. The van der Waals surface area contributed by atoms with Crippen molar-refractivity contribution >= 4 is 11.8 Å². The standard InChI is InChI=1S/C24H18N2O2/c27-24(28-23-11-5-2-6-12-23)26-22-15-20(18-8-3-1-4-9-18)14-21(16-22)19-10-7-13-25-17-19/h1-17H,(H,26,27). The number of nitrogens with one attached hydrogen (secondary N) is 1. The first-order chi connectivity index (χ1) is 13.8. The van der Waals surface area contributed by atoms with E-state index >= 15 is 0 Å². The molecule has 0 aliphatic rings.